The van der Waals surface area contributed by atoms with Crippen molar-refractivity contribution in [1.29, 1.82) is 0 Å². The van der Waals surface area contributed by atoms with E-state index in [0.717, 1.165) is 6.29 Å². The molecule has 0 atom stereocenters. The van der Waals surface area contributed by atoms with Gasteiger partial charge in [0.25, 0.3) is 0 Å². The van der Waals surface area contributed by atoms with Crippen LogP contribution in [0.1, 0.15) is 35.8 Å². The summed E-state index contributed by atoms with van der Waals surface area (Å²) in [6.45, 7) is 4.28. The van der Waals surface area contributed by atoms with Crippen LogP contribution in [0, 0.1) is 0 Å². The maximum Gasteiger partial charge on any atom is 0.249 e. The maximum absolute atomic E-state index is 11.3. The van der Waals surface area contributed by atoms with Crippen LogP contribution < -0.4 is 4.74 Å². The second-order valence-electron chi connectivity index (χ2n) is 5.17. The normalized spacial score (nSPS) is 11.0. The van der Waals surface area contributed by atoms with E-state index in [1.54, 1.807) is 10.6 Å². The van der Waals surface area contributed by atoms with Gasteiger partial charge in [-0.1, -0.05) is 32.0 Å². The van der Waals surface area contributed by atoms with Crippen molar-refractivity contribution in [2.45, 2.75) is 19.8 Å². The summed E-state index contributed by atoms with van der Waals surface area (Å²) >= 11 is 0. The van der Waals surface area contributed by atoms with Gasteiger partial charge in [-0.3, -0.25) is 9.20 Å². The van der Waals surface area contributed by atoms with Gasteiger partial charge >= 0.3 is 0 Å². The molecule has 3 rings (SSSR count). The topological polar surface area (TPSA) is 43.6 Å². The summed E-state index contributed by atoms with van der Waals surface area (Å²) < 4.78 is 7.47. The molecule has 3 aromatic rings. The van der Waals surface area contributed by atoms with Gasteiger partial charge in [-0.15, -0.1) is 0 Å². The highest BCUT2D eigenvalue weighted by Gasteiger charge is 2.13. The molecule has 2 heterocycles. The van der Waals surface area contributed by atoms with Crippen LogP contribution in [0.5, 0.6) is 11.6 Å². The van der Waals surface area contributed by atoms with Crippen molar-refractivity contribution in [2.24, 2.45) is 0 Å². The minimum atomic E-state index is 0.327. The zero-order valence-electron chi connectivity index (χ0n) is 12.0. The molecular weight excluding hydrogens is 264 g/mol. The van der Waals surface area contributed by atoms with Gasteiger partial charge < -0.3 is 4.74 Å². The van der Waals surface area contributed by atoms with Crippen molar-refractivity contribution in [3.63, 3.8) is 0 Å². The lowest BCUT2D eigenvalue weighted by atomic mass is 10.0. The molecule has 0 radical (unpaired) electrons. The number of benzene rings is 1. The Morgan fingerprint density at radius 2 is 1.90 bits per heavy atom. The Bertz CT molecular complexity index is 773. The van der Waals surface area contributed by atoms with Crippen molar-refractivity contribution in [1.82, 2.24) is 9.38 Å². The van der Waals surface area contributed by atoms with E-state index in [4.69, 9.17) is 4.74 Å². The summed E-state index contributed by atoms with van der Waals surface area (Å²) in [6, 6.07) is 13.4. The standard InChI is InChI=1S/C17H16N2O2/c1-12(2)13-6-8-14(9-7-13)21-17-15(11-20)19-10-4-3-5-16(19)18-17/h3-12H,1-2H3. The smallest absolute Gasteiger partial charge is 0.249 e. The molecule has 0 saturated heterocycles. The van der Waals surface area contributed by atoms with Crippen molar-refractivity contribution in [3.8, 4) is 11.6 Å². The van der Waals surface area contributed by atoms with E-state index in [9.17, 15) is 4.79 Å². The number of aromatic nitrogens is 2. The van der Waals surface area contributed by atoms with E-state index >= 15 is 0 Å². The second kappa shape index (κ2) is 5.40. The maximum atomic E-state index is 11.3. The first-order valence-electron chi connectivity index (χ1n) is 6.89. The lowest BCUT2D eigenvalue weighted by Crippen LogP contribution is -1.93. The molecule has 0 bridgehead atoms. The Kier molecular flexibility index (Phi) is 3.44. The highest BCUT2D eigenvalue weighted by Crippen LogP contribution is 2.26. The van der Waals surface area contributed by atoms with Crippen LogP contribution in [0.3, 0.4) is 0 Å². The third-order valence-corrected chi connectivity index (χ3v) is 3.41. The van der Waals surface area contributed by atoms with E-state index in [-0.39, 0.29) is 0 Å². The summed E-state index contributed by atoms with van der Waals surface area (Å²) in [6.07, 6.45) is 2.55. The number of carbonyl (C=O) groups excluding carboxylic acids is 1. The average Bonchev–Trinajstić information content (AvgIpc) is 2.84. The number of hydrogen-bond donors (Lipinski definition) is 0. The minimum absolute atomic E-state index is 0.327. The van der Waals surface area contributed by atoms with Gasteiger partial charge in [0.2, 0.25) is 5.88 Å². The fourth-order valence-electron chi connectivity index (χ4n) is 2.21. The summed E-state index contributed by atoms with van der Waals surface area (Å²) in [4.78, 5) is 15.6. The molecule has 2 aromatic heterocycles. The Balaban J connectivity index is 1.95. The molecule has 0 N–H and O–H groups in total. The van der Waals surface area contributed by atoms with Gasteiger partial charge in [0.15, 0.2) is 12.0 Å². The predicted octanol–water partition coefficient (Wildman–Crippen LogP) is 4.06. The SMILES string of the molecule is CC(C)c1ccc(Oc2nc3ccccn3c2C=O)cc1. The first kappa shape index (κ1) is 13.4. The molecule has 0 spiro atoms. The number of nitrogens with zero attached hydrogens (tertiary/aromatic N) is 2. The second-order valence-corrected chi connectivity index (χ2v) is 5.17. The highest BCUT2D eigenvalue weighted by molar-refractivity contribution is 5.78. The Hall–Kier alpha value is -2.62. The third kappa shape index (κ3) is 2.52. The number of rotatable bonds is 4. The summed E-state index contributed by atoms with van der Waals surface area (Å²) in [5, 5.41) is 0. The van der Waals surface area contributed by atoms with E-state index in [1.165, 1.54) is 5.56 Å². The van der Waals surface area contributed by atoms with E-state index in [2.05, 4.69) is 18.8 Å². The molecule has 4 nitrogen and oxygen atoms in total. The van der Waals surface area contributed by atoms with E-state index < -0.39 is 0 Å². The summed E-state index contributed by atoms with van der Waals surface area (Å²) in [5.41, 5.74) is 2.35. The van der Waals surface area contributed by atoms with Gasteiger partial charge in [-0.25, -0.2) is 0 Å². The molecule has 106 valence electrons. The summed E-state index contributed by atoms with van der Waals surface area (Å²) in [7, 11) is 0. The van der Waals surface area contributed by atoms with Crippen LogP contribution in [0.4, 0.5) is 0 Å². The quantitative estimate of drug-likeness (QED) is 0.677. The third-order valence-electron chi connectivity index (χ3n) is 3.41. The van der Waals surface area contributed by atoms with Crippen LogP contribution in [-0.2, 0) is 0 Å². The summed E-state index contributed by atoms with van der Waals surface area (Å²) in [5.74, 6) is 1.47. The number of carbonyl (C=O) groups is 1. The molecule has 21 heavy (non-hydrogen) atoms. The molecule has 0 aliphatic heterocycles. The molecule has 0 aliphatic rings. The molecule has 0 aliphatic carbocycles. The largest absolute Gasteiger partial charge is 0.437 e. The van der Waals surface area contributed by atoms with Crippen molar-refractivity contribution in [2.75, 3.05) is 0 Å². The fourth-order valence-corrected chi connectivity index (χ4v) is 2.21. The average molecular weight is 280 g/mol. The van der Waals surface area contributed by atoms with Gasteiger partial charge in [-0.2, -0.15) is 4.98 Å². The predicted molar refractivity (Wildman–Crippen MR) is 81.2 cm³/mol. The monoisotopic (exact) mass is 280 g/mol. The Labute approximate surface area is 123 Å². The Morgan fingerprint density at radius 3 is 2.57 bits per heavy atom. The molecular formula is C17H16N2O2. The number of imidazole rings is 1. The molecule has 0 saturated carbocycles. The van der Waals surface area contributed by atoms with Crippen molar-refractivity contribution >= 4 is 11.9 Å². The van der Waals surface area contributed by atoms with Crippen LogP contribution in [0.2, 0.25) is 0 Å². The molecule has 0 amide bonds. The number of fused-ring (bicyclic) bond motifs is 1. The molecule has 4 heteroatoms. The molecule has 1 aromatic carbocycles. The first-order chi connectivity index (χ1) is 10.2. The zero-order valence-corrected chi connectivity index (χ0v) is 12.0. The van der Waals surface area contributed by atoms with E-state index in [0.29, 0.717) is 28.9 Å². The van der Waals surface area contributed by atoms with Crippen LogP contribution in [0.25, 0.3) is 5.65 Å². The number of aldehydes is 1. The van der Waals surface area contributed by atoms with Crippen LogP contribution in [-0.4, -0.2) is 15.7 Å². The highest BCUT2D eigenvalue weighted by atomic mass is 16.5. The van der Waals surface area contributed by atoms with E-state index in [1.807, 2.05) is 42.5 Å². The van der Waals surface area contributed by atoms with Crippen LogP contribution >= 0.6 is 0 Å². The lowest BCUT2D eigenvalue weighted by molar-refractivity contribution is 0.111. The number of pyridine rings is 1. The van der Waals surface area contributed by atoms with Gasteiger partial charge in [0, 0.05) is 6.20 Å². The first-order valence-corrected chi connectivity index (χ1v) is 6.89. The van der Waals surface area contributed by atoms with Gasteiger partial charge in [-0.05, 0) is 35.7 Å². The molecule has 0 unspecified atom stereocenters. The van der Waals surface area contributed by atoms with Gasteiger partial charge in [0.05, 0.1) is 0 Å². The van der Waals surface area contributed by atoms with Crippen molar-refractivity contribution in [3.05, 3.63) is 59.9 Å². The van der Waals surface area contributed by atoms with Crippen LogP contribution in [0.15, 0.2) is 48.7 Å². The lowest BCUT2D eigenvalue weighted by Gasteiger charge is -2.07. The van der Waals surface area contributed by atoms with Gasteiger partial charge in [0.1, 0.15) is 11.4 Å². The number of ether oxygens (including phenoxy) is 1. The minimum Gasteiger partial charge on any atom is -0.437 e. The Morgan fingerprint density at radius 1 is 1.14 bits per heavy atom. The fraction of sp³-hybridized carbons (Fsp3) is 0.176. The zero-order chi connectivity index (χ0) is 14.8. The molecule has 0 fully saturated rings. The number of hydrogen-bond acceptors (Lipinski definition) is 3. The van der Waals surface area contributed by atoms with Crippen molar-refractivity contribution < 1.29 is 9.53 Å².